The highest BCUT2D eigenvalue weighted by Crippen LogP contribution is 2.33. The van der Waals surface area contributed by atoms with Crippen molar-refractivity contribution in [3.8, 4) is 17.1 Å². The molecule has 1 fully saturated rings. The van der Waals surface area contributed by atoms with Crippen LogP contribution >= 0.6 is 0 Å². The van der Waals surface area contributed by atoms with Crippen molar-refractivity contribution in [2.45, 2.75) is 32.7 Å². The largest absolute Gasteiger partial charge is 0.328 e. The van der Waals surface area contributed by atoms with E-state index in [1.54, 1.807) is 31.5 Å². The van der Waals surface area contributed by atoms with Crippen LogP contribution in [-0.2, 0) is 0 Å². The van der Waals surface area contributed by atoms with Gasteiger partial charge in [0.25, 0.3) is 5.91 Å². The van der Waals surface area contributed by atoms with Crippen LogP contribution in [0.15, 0.2) is 48.8 Å². The lowest BCUT2D eigenvalue weighted by molar-refractivity contribution is 0.0729. The number of rotatable bonds is 4. The Morgan fingerprint density at radius 2 is 1.97 bits per heavy atom. The number of hydrogen-bond donors (Lipinski definition) is 1. The maximum Gasteiger partial charge on any atom is 0.256 e. The minimum absolute atomic E-state index is 0.108. The number of hydrogen-bond acceptors (Lipinski definition) is 5. The van der Waals surface area contributed by atoms with Crippen molar-refractivity contribution >= 4 is 5.91 Å². The van der Waals surface area contributed by atoms with Crippen LogP contribution in [0.2, 0.25) is 0 Å². The number of aromatic amines is 1. The predicted molar refractivity (Wildman–Crippen MR) is 116 cm³/mol. The molecule has 3 heterocycles. The second kappa shape index (κ2) is 7.99. The molecule has 0 radical (unpaired) electrons. The third-order valence-electron chi connectivity index (χ3n) is 5.86. The third kappa shape index (κ3) is 3.45. The van der Waals surface area contributed by atoms with E-state index in [4.69, 9.17) is 0 Å². The molecule has 1 aliphatic heterocycles. The average molecular weight is 431 g/mol. The van der Waals surface area contributed by atoms with E-state index in [2.05, 4.69) is 25.4 Å². The van der Waals surface area contributed by atoms with Crippen LogP contribution in [0.1, 0.15) is 46.2 Å². The molecule has 9 heteroatoms. The molecule has 1 unspecified atom stereocenters. The number of amides is 1. The fourth-order valence-electron chi connectivity index (χ4n) is 4.18. The van der Waals surface area contributed by atoms with Gasteiger partial charge < -0.3 is 4.90 Å². The molecule has 5 rings (SSSR count). The van der Waals surface area contributed by atoms with Gasteiger partial charge in [0.1, 0.15) is 11.6 Å². The van der Waals surface area contributed by atoms with E-state index in [0.717, 1.165) is 18.4 Å². The van der Waals surface area contributed by atoms with Gasteiger partial charge in [0.2, 0.25) is 0 Å². The van der Waals surface area contributed by atoms with E-state index in [9.17, 15) is 9.18 Å². The van der Waals surface area contributed by atoms with Crippen LogP contribution in [0.3, 0.4) is 0 Å². The molecule has 32 heavy (non-hydrogen) atoms. The fourth-order valence-corrected chi connectivity index (χ4v) is 4.18. The summed E-state index contributed by atoms with van der Waals surface area (Å²) >= 11 is 0. The molecule has 2 aromatic carbocycles. The summed E-state index contributed by atoms with van der Waals surface area (Å²) in [7, 11) is 0. The van der Waals surface area contributed by atoms with Crippen LogP contribution in [0.4, 0.5) is 4.39 Å². The number of benzene rings is 2. The summed E-state index contributed by atoms with van der Waals surface area (Å²) in [6.07, 6.45) is 4.78. The maximum atomic E-state index is 14.0. The molecule has 0 spiro atoms. The zero-order valence-corrected chi connectivity index (χ0v) is 17.8. The van der Waals surface area contributed by atoms with E-state index in [0.29, 0.717) is 40.6 Å². The van der Waals surface area contributed by atoms with Crippen LogP contribution < -0.4 is 0 Å². The summed E-state index contributed by atoms with van der Waals surface area (Å²) in [5, 5.41) is 15.7. The topological polar surface area (TPSA) is 92.6 Å². The van der Waals surface area contributed by atoms with E-state index in [1.807, 2.05) is 30.0 Å². The van der Waals surface area contributed by atoms with Gasteiger partial charge in [0.05, 0.1) is 29.7 Å². The van der Waals surface area contributed by atoms with Crippen molar-refractivity contribution in [2.75, 3.05) is 6.54 Å². The number of likely N-dealkylation sites (tertiary alicyclic amines) is 1. The van der Waals surface area contributed by atoms with E-state index in [1.165, 1.54) is 10.9 Å². The first-order chi connectivity index (χ1) is 15.5. The first-order valence-corrected chi connectivity index (χ1v) is 10.5. The smallest absolute Gasteiger partial charge is 0.256 e. The number of nitrogens with one attached hydrogen (secondary N) is 1. The van der Waals surface area contributed by atoms with Gasteiger partial charge in [0, 0.05) is 12.1 Å². The minimum atomic E-state index is -0.300. The Morgan fingerprint density at radius 1 is 1.16 bits per heavy atom. The molecule has 1 amide bonds. The Hall–Kier alpha value is -3.88. The molecule has 0 saturated carbocycles. The molecule has 1 N–H and O–H groups in total. The Morgan fingerprint density at radius 3 is 2.78 bits per heavy atom. The molecule has 4 aromatic rings. The van der Waals surface area contributed by atoms with Crippen molar-refractivity contribution < 1.29 is 9.18 Å². The summed E-state index contributed by atoms with van der Waals surface area (Å²) in [6.45, 7) is 4.26. The number of carbonyl (C=O) groups excluding carboxylic acids is 1. The standard InChI is InChI=1S/C23H22FN7O/c1-14-8-9-19(31-25-10-11-26-31)17(13-14)23(32)30-12-4-7-20(30)22-27-21(28-29-22)16-5-3-6-18(24)15(16)2/h3,5-6,8-11,13,20H,4,7,12H2,1-2H3,(H,27,28,29). The monoisotopic (exact) mass is 431 g/mol. The van der Waals surface area contributed by atoms with Gasteiger partial charge in [-0.3, -0.25) is 9.89 Å². The Labute approximate surface area is 184 Å². The second-order valence-electron chi connectivity index (χ2n) is 7.95. The van der Waals surface area contributed by atoms with Crippen molar-refractivity contribution in [3.63, 3.8) is 0 Å². The summed E-state index contributed by atoms with van der Waals surface area (Å²) in [6, 6.07) is 10.3. The van der Waals surface area contributed by atoms with Crippen molar-refractivity contribution in [2.24, 2.45) is 0 Å². The van der Waals surface area contributed by atoms with Crippen LogP contribution in [0.25, 0.3) is 17.1 Å². The highest BCUT2D eigenvalue weighted by Gasteiger charge is 2.34. The SMILES string of the molecule is Cc1ccc(-n2nccn2)c(C(=O)N2CCCC2c2nc(-c3cccc(F)c3C)n[nH]2)c1. The number of aromatic nitrogens is 6. The summed E-state index contributed by atoms with van der Waals surface area (Å²) in [4.78, 5) is 21.5. The number of halogens is 1. The van der Waals surface area contributed by atoms with E-state index < -0.39 is 0 Å². The zero-order valence-electron chi connectivity index (χ0n) is 17.8. The van der Waals surface area contributed by atoms with E-state index >= 15 is 0 Å². The van der Waals surface area contributed by atoms with Gasteiger partial charge in [-0.1, -0.05) is 23.8 Å². The number of carbonyl (C=O) groups is 1. The van der Waals surface area contributed by atoms with Gasteiger partial charge in [-0.05, 0) is 50.5 Å². The highest BCUT2D eigenvalue weighted by molar-refractivity contribution is 5.98. The van der Waals surface area contributed by atoms with Crippen LogP contribution in [0.5, 0.6) is 0 Å². The Bertz CT molecular complexity index is 1280. The van der Waals surface area contributed by atoms with Gasteiger partial charge in [-0.15, -0.1) is 0 Å². The zero-order chi connectivity index (χ0) is 22.2. The molecular formula is C23H22FN7O. The van der Waals surface area contributed by atoms with E-state index in [-0.39, 0.29) is 17.8 Å². The first kappa shape index (κ1) is 20.0. The van der Waals surface area contributed by atoms with Crippen molar-refractivity contribution in [1.82, 2.24) is 35.1 Å². The molecule has 0 bridgehead atoms. The molecule has 1 saturated heterocycles. The summed E-state index contributed by atoms with van der Waals surface area (Å²) < 4.78 is 14.0. The van der Waals surface area contributed by atoms with Gasteiger partial charge in [-0.2, -0.15) is 20.1 Å². The van der Waals surface area contributed by atoms with Crippen LogP contribution in [0, 0.1) is 19.7 Å². The summed E-state index contributed by atoms with van der Waals surface area (Å²) in [5.41, 5.74) is 3.27. The number of H-pyrrole nitrogens is 1. The lowest BCUT2D eigenvalue weighted by atomic mass is 10.1. The lowest BCUT2D eigenvalue weighted by Crippen LogP contribution is -2.32. The second-order valence-corrected chi connectivity index (χ2v) is 7.95. The highest BCUT2D eigenvalue weighted by atomic mass is 19.1. The lowest BCUT2D eigenvalue weighted by Gasteiger charge is -2.24. The normalized spacial score (nSPS) is 16.0. The Kier molecular flexibility index (Phi) is 5.01. The molecule has 8 nitrogen and oxygen atoms in total. The summed E-state index contributed by atoms with van der Waals surface area (Å²) in [5.74, 6) is 0.614. The Balaban J connectivity index is 1.48. The number of aryl methyl sites for hydroxylation is 1. The molecule has 2 aromatic heterocycles. The van der Waals surface area contributed by atoms with Gasteiger partial charge in [0.15, 0.2) is 5.82 Å². The molecule has 0 aliphatic carbocycles. The number of nitrogens with zero attached hydrogens (tertiary/aromatic N) is 6. The van der Waals surface area contributed by atoms with Crippen molar-refractivity contribution in [1.29, 1.82) is 0 Å². The van der Waals surface area contributed by atoms with Gasteiger partial charge >= 0.3 is 0 Å². The first-order valence-electron chi connectivity index (χ1n) is 10.5. The molecule has 1 atom stereocenters. The average Bonchev–Trinajstić information content (AvgIpc) is 3.56. The third-order valence-corrected chi connectivity index (χ3v) is 5.86. The fraction of sp³-hybridized carbons (Fsp3) is 0.261. The van der Waals surface area contributed by atoms with Crippen molar-refractivity contribution in [3.05, 3.63) is 77.1 Å². The van der Waals surface area contributed by atoms with Crippen LogP contribution in [-0.4, -0.2) is 47.5 Å². The molecular weight excluding hydrogens is 409 g/mol. The molecule has 162 valence electrons. The van der Waals surface area contributed by atoms with Gasteiger partial charge in [-0.25, -0.2) is 9.37 Å². The predicted octanol–water partition coefficient (Wildman–Crippen LogP) is 3.79. The minimum Gasteiger partial charge on any atom is -0.328 e. The quantitative estimate of drug-likeness (QED) is 0.531. The molecule has 1 aliphatic rings. The maximum absolute atomic E-state index is 14.0.